The van der Waals surface area contributed by atoms with Gasteiger partial charge in [0, 0.05) is 5.92 Å². The molecule has 3 N–H and O–H groups in total. The Hall–Kier alpha value is -3.00. The van der Waals surface area contributed by atoms with Gasteiger partial charge in [-0.25, -0.2) is 4.79 Å². The van der Waals surface area contributed by atoms with Gasteiger partial charge in [0.2, 0.25) is 12.3 Å². The molecule has 2 aromatic carbocycles. The summed E-state index contributed by atoms with van der Waals surface area (Å²) in [5.41, 5.74) is 4.56. The zero-order valence-electron chi connectivity index (χ0n) is 19.2. The summed E-state index contributed by atoms with van der Waals surface area (Å²) < 4.78 is 5.58. The molecular formula is C25H31N3O4S. The standard InChI is InChI=1S/C25H31N3O4S/c1-16(2)23(24(30)27-22(26-15-29)12-13-33-3)28-25(31)32-14-21-19-10-6-4-8-17(19)18-9-5-7-11-20(18)21/h4-11,15-16,21-23H,12-14H2,1-3H3,(H,26,29)(H,27,30)(H,28,31)/t22-,23-/m0/s1. The summed E-state index contributed by atoms with van der Waals surface area (Å²) in [7, 11) is 0. The average Bonchev–Trinajstić information content (AvgIpc) is 3.13. The van der Waals surface area contributed by atoms with E-state index in [2.05, 4.69) is 40.2 Å². The molecule has 0 aromatic heterocycles. The molecule has 176 valence electrons. The minimum Gasteiger partial charge on any atom is -0.449 e. The molecule has 0 bridgehead atoms. The summed E-state index contributed by atoms with van der Waals surface area (Å²) in [5, 5.41) is 8.10. The summed E-state index contributed by atoms with van der Waals surface area (Å²) in [6, 6.07) is 15.5. The molecule has 0 saturated heterocycles. The fraction of sp³-hybridized carbons (Fsp3) is 0.400. The van der Waals surface area contributed by atoms with Gasteiger partial charge in [-0.2, -0.15) is 11.8 Å². The minimum atomic E-state index is -0.786. The van der Waals surface area contributed by atoms with Crippen LogP contribution in [0.2, 0.25) is 0 Å². The number of amides is 3. The van der Waals surface area contributed by atoms with Gasteiger partial charge in [0.1, 0.15) is 18.8 Å². The normalized spacial score (nSPS) is 14.1. The lowest BCUT2D eigenvalue weighted by Crippen LogP contribution is -2.55. The number of benzene rings is 2. The van der Waals surface area contributed by atoms with E-state index < -0.39 is 18.3 Å². The van der Waals surface area contributed by atoms with Gasteiger partial charge >= 0.3 is 6.09 Å². The Labute approximate surface area is 199 Å². The fourth-order valence-electron chi connectivity index (χ4n) is 4.08. The molecule has 0 aliphatic heterocycles. The van der Waals surface area contributed by atoms with Gasteiger partial charge in [-0.3, -0.25) is 9.59 Å². The Morgan fingerprint density at radius 3 is 2.18 bits per heavy atom. The van der Waals surface area contributed by atoms with E-state index in [1.807, 2.05) is 44.4 Å². The smallest absolute Gasteiger partial charge is 0.407 e. The van der Waals surface area contributed by atoms with E-state index in [4.69, 9.17) is 4.74 Å². The largest absolute Gasteiger partial charge is 0.449 e. The van der Waals surface area contributed by atoms with Crippen LogP contribution in [0.3, 0.4) is 0 Å². The zero-order valence-corrected chi connectivity index (χ0v) is 20.0. The Kier molecular flexibility index (Phi) is 8.77. The second-order valence-electron chi connectivity index (χ2n) is 8.32. The highest BCUT2D eigenvalue weighted by Crippen LogP contribution is 2.44. The molecule has 2 aromatic rings. The second-order valence-corrected chi connectivity index (χ2v) is 9.30. The number of carbonyl (C=O) groups is 3. The van der Waals surface area contributed by atoms with E-state index in [-0.39, 0.29) is 24.3 Å². The van der Waals surface area contributed by atoms with Crippen molar-refractivity contribution in [2.75, 3.05) is 18.6 Å². The van der Waals surface area contributed by atoms with Crippen molar-refractivity contribution in [3.63, 3.8) is 0 Å². The van der Waals surface area contributed by atoms with Crippen LogP contribution in [0.5, 0.6) is 0 Å². The van der Waals surface area contributed by atoms with Gasteiger partial charge in [0.05, 0.1) is 0 Å². The third-order valence-electron chi connectivity index (χ3n) is 5.76. The fourth-order valence-corrected chi connectivity index (χ4v) is 4.55. The topological polar surface area (TPSA) is 96.5 Å². The van der Waals surface area contributed by atoms with Gasteiger partial charge in [0.25, 0.3) is 0 Å². The highest BCUT2D eigenvalue weighted by Gasteiger charge is 2.30. The van der Waals surface area contributed by atoms with Crippen molar-refractivity contribution in [2.45, 2.75) is 38.4 Å². The third kappa shape index (κ3) is 6.07. The molecule has 2 atom stereocenters. The van der Waals surface area contributed by atoms with Crippen molar-refractivity contribution < 1.29 is 19.1 Å². The highest BCUT2D eigenvalue weighted by molar-refractivity contribution is 7.98. The van der Waals surface area contributed by atoms with E-state index in [0.717, 1.165) is 28.0 Å². The van der Waals surface area contributed by atoms with Crippen molar-refractivity contribution >= 4 is 30.2 Å². The first-order chi connectivity index (χ1) is 16.0. The van der Waals surface area contributed by atoms with Crippen LogP contribution in [0.4, 0.5) is 4.79 Å². The van der Waals surface area contributed by atoms with Gasteiger partial charge in [-0.1, -0.05) is 62.4 Å². The molecule has 3 amide bonds. The van der Waals surface area contributed by atoms with Gasteiger partial charge in [-0.15, -0.1) is 0 Å². The highest BCUT2D eigenvalue weighted by atomic mass is 32.2. The lowest BCUT2D eigenvalue weighted by molar-refractivity contribution is -0.125. The number of fused-ring (bicyclic) bond motifs is 3. The minimum absolute atomic E-state index is 0.0535. The number of rotatable bonds is 11. The van der Waals surface area contributed by atoms with Crippen LogP contribution in [0.15, 0.2) is 48.5 Å². The molecular weight excluding hydrogens is 438 g/mol. The molecule has 3 rings (SSSR count). The number of hydrogen-bond donors (Lipinski definition) is 3. The quantitative estimate of drug-likeness (QED) is 0.346. The van der Waals surface area contributed by atoms with Crippen molar-refractivity contribution in [1.82, 2.24) is 16.0 Å². The van der Waals surface area contributed by atoms with Gasteiger partial charge in [-0.05, 0) is 46.6 Å². The number of hydrogen-bond acceptors (Lipinski definition) is 5. The van der Waals surface area contributed by atoms with Crippen LogP contribution < -0.4 is 16.0 Å². The molecule has 0 saturated carbocycles. The molecule has 1 aliphatic carbocycles. The number of nitrogens with one attached hydrogen (secondary N) is 3. The predicted octanol–water partition coefficient (Wildman–Crippen LogP) is 3.49. The van der Waals surface area contributed by atoms with Crippen molar-refractivity contribution in [3.05, 3.63) is 59.7 Å². The van der Waals surface area contributed by atoms with E-state index in [9.17, 15) is 14.4 Å². The van der Waals surface area contributed by atoms with E-state index in [1.54, 1.807) is 11.8 Å². The Morgan fingerprint density at radius 1 is 1.03 bits per heavy atom. The van der Waals surface area contributed by atoms with Crippen molar-refractivity contribution in [1.29, 1.82) is 0 Å². The maximum absolute atomic E-state index is 12.8. The predicted molar refractivity (Wildman–Crippen MR) is 131 cm³/mol. The summed E-state index contributed by atoms with van der Waals surface area (Å²) in [5.74, 6) is 0.196. The number of alkyl carbamates (subject to hydrolysis) is 1. The summed E-state index contributed by atoms with van der Waals surface area (Å²) in [6.07, 6.45) is 1.97. The van der Waals surface area contributed by atoms with Crippen LogP contribution >= 0.6 is 11.8 Å². The molecule has 8 heteroatoms. The molecule has 0 spiro atoms. The number of ether oxygens (including phenoxy) is 1. The van der Waals surface area contributed by atoms with E-state index >= 15 is 0 Å². The maximum Gasteiger partial charge on any atom is 0.407 e. The molecule has 1 aliphatic rings. The van der Waals surface area contributed by atoms with E-state index in [1.165, 1.54) is 0 Å². The molecule has 7 nitrogen and oxygen atoms in total. The maximum atomic E-state index is 12.8. The third-order valence-corrected chi connectivity index (χ3v) is 6.41. The lowest BCUT2D eigenvalue weighted by atomic mass is 9.98. The van der Waals surface area contributed by atoms with Crippen LogP contribution in [0.1, 0.15) is 37.3 Å². The van der Waals surface area contributed by atoms with Crippen molar-refractivity contribution in [3.8, 4) is 11.1 Å². The SMILES string of the molecule is CSCC[C@@H](NC=O)NC(=O)[C@@H](NC(=O)OCC1c2ccccc2-c2ccccc21)C(C)C. The van der Waals surface area contributed by atoms with Crippen LogP contribution in [0.25, 0.3) is 11.1 Å². The Balaban J connectivity index is 1.63. The van der Waals surface area contributed by atoms with Crippen LogP contribution in [-0.2, 0) is 14.3 Å². The Bertz CT molecular complexity index is 936. The molecule has 0 heterocycles. The molecule has 0 radical (unpaired) electrons. The van der Waals surface area contributed by atoms with Gasteiger partial charge in [0.15, 0.2) is 0 Å². The Morgan fingerprint density at radius 2 is 1.64 bits per heavy atom. The molecule has 33 heavy (non-hydrogen) atoms. The van der Waals surface area contributed by atoms with Gasteiger partial charge < -0.3 is 20.7 Å². The first kappa shape index (κ1) is 24.6. The average molecular weight is 470 g/mol. The van der Waals surface area contributed by atoms with Crippen LogP contribution in [0, 0.1) is 5.92 Å². The second kappa shape index (κ2) is 11.7. The molecule has 0 fully saturated rings. The summed E-state index contributed by atoms with van der Waals surface area (Å²) in [6.45, 7) is 3.87. The molecule has 0 unspecified atom stereocenters. The lowest BCUT2D eigenvalue weighted by Gasteiger charge is -2.25. The summed E-state index contributed by atoms with van der Waals surface area (Å²) in [4.78, 5) is 36.3. The number of carbonyl (C=O) groups excluding carboxylic acids is 3. The number of thioether (sulfide) groups is 1. The first-order valence-corrected chi connectivity index (χ1v) is 12.5. The van der Waals surface area contributed by atoms with E-state index in [0.29, 0.717) is 12.8 Å². The van der Waals surface area contributed by atoms with Crippen molar-refractivity contribution in [2.24, 2.45) is 5.92 Å². The monoisotopic (exact) mass is 469 g/mol. The first-order valence-electron chi connectivity index (χ1n) is 11.1. The van der Waals surface area contributed by atoms with Crippen LogP contribution in [-0.4, -0.2) is 49.2 Å². The zero-order chi connectivity index (χ0) is 23.8. The summed E-state index contributed by atoms with van der Waals surface area (Å²) >= 11 is 1.62.